The van der Waals surface area contributed by atoms with Gasteiger partial charge in [-0.1, -0.05) is 287 Å². The number of rotatable bonds is 10. The van der Waals surface area contributed by atoms with Crippen LogP contribution in [0.25, 0.3) is 39.0 Å². The Morgan fingerprint density at radius 1 is 0.630 bits per heavy atom. The molecule has 1 aliphatic heterocycles. The van der Waals surface area contributed by atoms with Crippen LogP contribution in [0.4, 0.5) is 11.4 Å². The van der Waals surface area contributed by atoms with Crippen LogP contribution in [0, 0.1) is 31.6 Å². The molecule has 0 amide bonds. The topological polar surface area (TPSA) is 15.6 Å². The van der Waals surface area contributed by atoms with Crippen molar-refractivity contribution in [2.45, 2.75) is 139 Å². The van der Waals surface area contributed by atoms with Crippen molar-refractivity contribution in [2.24, 2.45) is 10.9 Å². The van der Waals surface area contributed by atoms with E-state index in [4.69, 9.17) is 4.99 Å². The Morgan fingerprint density at radius 3 is 1.98 bits per heavy atom. The van der Waals surface area contributed by atoms with Crippen molar-refractivity contribution in [3.63, 3.8) is 0 Å². The maximum absolute atomic E-state index is 4.94. The molecule has 3 unspecified atom stereocenters. The van der Waals surface area contributed by atoms with Crippen LogP contribution >= 0.6 is 0 Å². The lowest BCUT2D eigenvalue weighted by Gasteiger charge is -2.29. The summed E-state index contributed by atoms with van der Waals surface area (Å²) in [5.74, 6) is 7.78. The number of allylic oxidation sites excluding steroid dienone is 3. The van der Waals surface area contributed by atoms with Gasteiger partial charge in [-0.3, -0.25) is 4.99 Å². The van der Waals surface area contributed by atoms with Crippen molar-refractivity contribution in [1.29, 1.82) is 0 Å². The van der Waals surface area contributed by atoms with Crippen LogP contribution in [0.1, 0.15) is 157 Å². The quantitative estimate of drug-likeness (QED) is 0.0984. The zero-order chi connectivity index (χ0) is 58.1. The number of anilines is 2. The van der Waals surface area contributed by atoms with Gasteiger partial charge in [0, 0.05) is 34.8 Å². The van der Waals surface area contributed by atoms with Crippen LogP contribution in [0.3, 0.4) is 0 Å². The van der Waals surface area contributed by atoms with Crippen LogP contribution in [0.5, 0.6) is 0 Å². The van der Waals surface area contributed by atoms with E-state index in [1.165, 1.54) is 96.5 Å². The first-order valence-corrected chi connectivity index (χ1v) is 29.8. The summed E-state index contributed by atoms with van der Waals surface area (Å²) < 4.78 is 0. The zero-order valence-corrected chi connectivity index (χ0v) is 50.9. The van der Waals surface area contributed by atoms with E-state index in [9.17, 15) is 0 Å². The van der Waals surface area contributed by atoms with Crippen LogP contribution in [0.15, 0.2) is 224 Å². The van der Waals surface area contributed by atoms with Crippen molar-refractivity contribution in [3.8, 4) is 45.2 Å². The molecular formula is C79H88N2. The molecule has 0 radical (unpaired) electrons. The molecule has 0 spiro atoms. The minimum atomic E-state index is -0.126. The molecular weight excluding hydrogens is 977 g/mol. The first kappa shape index (κ1) is 60.6. The summed E-state index contributed by atoms with van der Waals surface area (Å²) in [6.45, 7) is 32.2. The molecule has 0 saturated heterocycles. The molecule has 0 bridgehead atoms. The van der Waals surface area contributed by atoms with E-state index in [0.717, 1.165) is 41.2 Å². The number of para-hydroxylation sites is 1. The molecule has 1 heterocycles. The molecule has 0 N–H and O–H groups in total. The van der Waals surface area contributed by atoms with Crippen molar-refractivity contribution in [3.05, 3.63) is 269 Å². The second-order valence-corrected chi connectivity index (χ2v) is 22.5. The summed E-state index contributed by atoms with van der Waals surface area (Å²) in [6, 6.07) is 67.7. The molecule has 3 aliphatic rings. The first-order valence-electron chi connectivity index (χ1n) is 29.8. The lowest BCUT2D eigenvalue weighted by atomic mass is 9.81. The van der Waals surface area contributed by atoms with Crippen molar-refractivity contribution >= 4 is 22.7 Å². The third-order valence-electron chi connectivity index (χ3n) is 15.2. The highest BCUT2D eigenvalue weighted by atomic mass is 15.2. The minimum absolute atomic E-state index is 0.0803. The summed E-state index contributed by atoms with van der Waals surface area (Å²) in [7, 11) is 0. The van der Waals surface area contributed by atoms with Gasteiger partial charge in [-0.15, -0.1) is 5.92 Å². The van der Waals surface area contributed by atoms with E-state index in [-0.39, 0.29) is 11.5 Å². The number of benzene rings is 8. The van der Waals surface area contributed by atoms with E-state index >= 15 is 0 Å². The van der Waals surface area contributed by atoms with Gasteiger partial charge in [-0.25, -0.2) is 0 Å². The molecule has 2 aliphatic carbocycles. The molecule has 3 atom stereocenters. The third-order valence-corrected chi connectivity index (χ3v) is 15.2. The molecule has 0 fully saturated rings. The highest BCUT2D eigenvalue weighted by Crippen LogP contribution is 2.52. The van der Waals surface area contributed by atoms with Crippen molar-refractivity contribution in [2.75, 3.05) is 4.90 Å². The second-order valence-electron chi connectivity index (χ2n) is 22.5. The average molecular weight is 1070 g/mol. The second kappa shape index (κ2) is 28.9. The normalized spacial score (nSPS) is 15.0. The van der Waals surface area contributed by atoms with Crippen molar-refractivity contribution < 1.29 is 0 Å². The molecule has 2 heteroatoms. The molecule has 414 valence electrons. The molecule has 11 rings (SSSR count). The van der Waals surface area contributed by atoms with Gasteiger partial charge >= 0.3 is 0 Å². The summed E-state index contributed by atoms with van der Waals surface area (Å²) in [6.07, 6.45) is 13.4. The number of fused-ring (bicyclic) bond motifs is 6. The van der Waals surface area contributed by atoms with E-state index < -0.39 is 0 Å². The monoisotopic (exact) mass is 1060 g/mol. The average Bonchev–Trinajstić information content (AvgIpc) is 3.20. The maximum atomic E-state index is 4.94. The fourth-order valence-electron chi connectivity index (χ4n) is 11.2. The van der Waals surface area contributed by atoms with E-state index in [2.05, 4.69) is 306 Å². The van der Waals surface area contributed by atoms with Gasteiger partial charge in [-0.2, -0.15) is 0 Å². The summed E-state index contributed by atoms with van der Waals surface area (Å²) in [4.78, 5) is 7.39. The Bertz CT molecular complexity index is 3510. The molecule has 81 heavy (non-hydrogen) atoms. The van der Waals surface area contributed by atoms with Gasteiger partial charge in [0.15, 0.2) is 0 Å². The fourth-order valence-corrected chi connectivity index (χ4v) is 11.2. The Labute approximate surface area is 489 Å². The maximum Gasteiger partial charge on any atom is 0.136 e. The summed E-state index contributed by atoms with van der Waals surface area (Å²) in [5.41, 5.74) is 24.8. The molecule has 8 aromatic carbocycles. The van der Waals surface area contributed by atoms with E-state index in [1.807, 2.05) is 19.9 Å². The predicted octanol–water partition coefficient (Wildman–Crippen LogP) is 22.1. The molecule has 0 aromatic heterocycles. The number of unbranched alkanes of at least 4 members (excludes halogenated alkanes) is 1. The van der Waals surface area contributed by atoms with Gasteiger partial charge in [0.1, 0.15) is 6.04 Å². The third kappa shape index (κ3) is 14.7. The smallest absolute Gasteiger partial charge is 0.136 e. The van der Waals surface area contributed by atoms with Crippen LogP contribution in [-0.2, 0) is 11.8 Å². The first-order chi connectivity index (χ1) is 39.2. The summed E-state index contributed by atoms with van der Waals surface area (Å²) in [5, 5.41) is 0. The minimum Gasteiger partial charge on any atom is -0.333 e. The van der Waals surface area contributed by atoms with Crippen LogP contribution in [-0.4, -0.2) is 11.8 Å². The van der Waals surface area contributed by atoms with Gasteiger partial charge in [0.25, 0.3) is 0 Å². The molecule has 2 nitrogen and oxygen atoms in total. The summed E-state index contributed by atoms with van der Waals surface area (Å²) >= 11 is 0. The number of hydrogen-bond acceptors (Lipinski definition) is 2. The standard InChI is InChI=1S/C26H25N.C26H28.C21H19N.C4H10.C2H6/c1-4-5-14-26(25-13-9-10-20(2)19-25)27-21(3)22-15-17-24(18-16-22)23-11-7-6-8-12-23;1-5-6-11-19-12-7-8-13-21(19)20-16-17-24-25(18(20)2)22-14-9-10-15-23(22)26(24,3)4;1-15(2)16-8-7-9-17(14-16)22-20-12-5-3-10-18(20)19-11-4-6-13-21(19)22;1-4(2)3;1-2/h6-13,15-19,26H,4H2,1-3H3;7-10,12-17H,5-6,11H2,1-4H3;3-14,18,20H,1H2,2H3;4H,1-3H3;1-2H3. The number of hydrogen-bond donors (Lipinski definition) is 0. The number of aliphatic imine (C=N–C) groups is 1. The highest BCUT2D eigenvalue weighted by Gasteiger charge is 2.38. The fraction of sp³-hybridized carbons (Fsp3) is 0.278. The van der Waals surface area contributed by atoms with Crippen molar-refractivity contribution in [1.82, 2.24) is 0 Å². The Hall–Kier alpha value is -7.99. The van der Waals surface area contributed by atoms with Gasteiger partial charge in [0.2, 0.25) is 0 Å². The van der Waals surface area contributed by atoms with Crippen LogP contribution in [0.2, 0.25) is 0 Å². The van der Waals surface area contributed by atoms with E-state index in [1.54, 1.807) is 0 Å². The number of nitrogens with zero attached hydrogens (tertiary/aromatic N) is 2. The van der Waals surface area contributed by atoms with Gasteiger partial charge in [0.05, 0.1) is 6.04 Å². The lowest BCUT2D eigenvalue weighted by Crippen LogP contribution is -2.28. The van der Waals surface area contributed by atoms with Gasteiger partial charge < -0.3 is 4.90 Å². The molecule has 0 saturated carbocycles. The Balaban J connectivity index is 0.000000167. The van der Waals surface area contributed by atoms with E-state index in [0.29, 0.717) is 12.0 Å². The highest BCUT2D eigenvalue weighted by molar-refractivity contribution is 5.99. The lowest BCUT2D eigenvalue weighted by molar-refractivity contribution is 0.660. The zero-order valence-electron chi connectivity index (χ0n) is 50.9. The Kier molecular flexibility index (Phi) is 21.7. The Morgan fingerprint density at radius 2 is 1.27 bits per heavy atom. The predicted molar refractivity (Wildman–Crippen MR) is 355 cm³/mol. The van der Waals surface area contributed by atoms with Crippen LogP contribution < -0.4 is 4.90 Å². The largest absolute Gasteiger partial charge is 0.333 e. The SMILES string of the molecule is C=C(C)c1cccc(N2c3ccccc3C3C=CC=CC32)c1.CC.CC(C)C.CCC#CC(N=C(C)c1ccc(-c2ccccc2)cc1)c1cccc(C)c1.CCCCc1ccccc1-c1ccc2c(c1C)-c1ccccc1C2(C)C. The molecule has 8 aromatic rings. The number of aryl methyl sites for hydroxylation is 2. The van der Waals surface area contributed by atoms with Gasteiger partial charge in [-0.05, 0) is 143 Å².